The van der Waals surface area contributed by atoms with Crippen LogP contribution >= 0.6 is 11.6 Å². The number of imide groups is 1. The summed E-state index contributed by atoms with van der Waals surface area (Å²) in [6.07, 6.45) is 0. The highest BCUT2D eigenvalue weighted by atomic mass is 35.5. The number of nitrogens with one attached hydrogen (secondary N) is 1. The number of hydrogen-bond acceptors (Lipinski definition) is 4. The van der Waals surface area contributed by atoms with Gasteiger partial charge < -0.3 is 10.1 Å². The Morgan fingerprint density at radius 2 is 1.53 bits per heavy atom. The molecule has 30 heavy (non-hydrogen) atoms. The van der Waals surface area contributed by atoms with E-state index in [4.69, 9.17) is 16.3 Å². The van der Waals surface area contributed by atoms with Crippen molar-refractivity contribution in [2.75, 3.05) is 12.4 Å². The summed E-state index contributed by atoms with van der Waals surface area (Å²) in [4.78, 5) is 27.7. The molecule has 0 spiro atoms. The highest BCUT2D eigenvalue weighted by molar-refractivity contribution is 6.36. The average molecular weight is 419 g/mol. The van der Waals surface area contributed by atoms with Gasteiger partial charge >= 0.3 is 0 Å². The van der Waals surface area contributed by atoms with E-state index in [1.165, 1.54) is 4.90 Å². The number of amides is 2. The molecule has 1 aliphatic heterocycles. The van der Waals surface area contributed by atoms with E-state index in [0.29, 0.717) is 27.6 Å². The molecule has 0 saturated heterocycles. The smallest absolute Gasteiger partial charge is 0.278 e. The van der Waals surface area contributed by atoms with Crippen molar-refractivity contribution in [3.05, 3.63) is 101 Å². The SMILES string of the molecule is COc1ccc(NC2=C(c3ccc(Cl)cc3)C(=O)N(Cc3ccccc3)C2=O)cc1. The quantitative estimate of drug-likeness (QED) is 0.587. The number of carbonyl (C=O) groups excluding carboxylic acids is 2. The van der Waals surface area contributed by atoms with Crippen LogP contribution in [0.2, 0.25) is 5.02 Å². The van der Waals surface area contributed by atoms with Gasteiger partial charge in [0.15, 0.2) is 0 Å². The molecule has 3 aromatic carbocycles. The molecular formula is C24H19ClN2O3. The Labute approximate surface area is 179 Å². The normalized spacial score (nSPS) is 13.7. The second-order valence-electron chi connectivity index (χ2n) is 6.79. The molecule has 150 valence electrons. The van der Waals surface area contributed by atoms with Gasteiger partial charge in [-0.15, -0.1) is 0 Å². The number of ether oxygens (including phenoxy) is 1. The fourth-order valence-electron chi connectivity index (χ4n) is 3.30. The number of benzene rings is 3. The summed E-state index contributed by atoms with van der Waals surface area (Å²) >= 11 is 6.01. The van der Waals surface area contributed by atoms with Gasteiger partial charge in [-0.2, -0.15) is 0 Å². The third-order valence-electron chi connectivity index (χ3n) is 4.84. The lowest BCUT2D eigenvalue weighted by Gasteiger charge is -2.15. The minimum Gasteiger partial charge on any atom is -0.497 e. The topological polar surface area (TPSA) is 58.6 Å². The summed E-state index contributed by atoms with van der Waals surface area (Å²) in [5.74, 6) is -0.0150. The number of nitrogens with zero attached hydrogens (tertiary/aromatic N) is 1. The molecule has 0 atom stereocenters. The number of methoxy groups -OCH3 is 1. The number of halogens is 1. The predicted molar refractivity (Wildman–Crippen MR) is 117 cm³/mol. The fraction of sp³-hybridized carbons (Fsp3) is 0.0833. The molecule has 0 radical (unpaired) electrons. The highest BCUT2D eigenvalue weighted by Crippen LogP contribution is 2.32. The zero-order valence-corrected chi connectivity index (χ0v) is 17.0. The van der Waals surface area contributed by atoms with Gasteiger partial charge in [0.05, 0.1) is 19.2 Å². The van der Waals surface area contributed by atoms with Gasteiger partial charge in [-0.1, -0.05) is 54.1 Å². The van der Waals surface area contributed by atoms with Crippen LogP contribution < -0.4 is 10.1 Å². The van der Waals surface area contributed by atoms with Gasteiger partial charge in [0.25, 0.3) is 11.8 Å². The van der Waals surface area contributed by atoms with Crippen LogP contribution in [0, 0.1) is 0 Å². The van der Waals surface area contributed by atoms with Gasteiger partial charge in [0.1, 0.15) is 11.4 Å². The van der Waals surface area contributed by atoms with E-state index in [1.54, 1.807) is 55.6 Å². The zero-order valence-electron chi connectivity index (χ0n) is 16.3. The van der Waals surface area contributed by atoms with E-state index in [9.17, 15) is 9.59 Å². The molecule has 0 saturated carbocycles. The summed E-state index contributed by atoms with van der Waals surface area (Å²) in [5.41, 5.74) is 2.75. The fourth-order valence-corrected chi connectivity index (χ4v) is 3.43. The molecule has 5 nitrogen and oxygen atoms in total. The molecule has 3 aromatic rings. The second kappa shape index (κ2) is 8.43. The van der Waals surface area contributed by atoms with Crippen molar-refractivity contribution in [2.45, 2.75) is 6.54 Å². The summed E-state index contributed by atoms with van der Waals surface area (Å²) in [7, 11) is 1.59. The van der Waals surface area contributed by atoms with Crippen molar-refractivity contribution in [3.63, 3.8) is 0 Å². The third-order valence-corrected chi connectivity index (χ3v) is 5.10. The van der Waals surface area contributed by atoms with Crippen LogP contribution in [0.1, 0.15) is 11.1 Å². The lowest BCUT2D eigenvalue weighted by atomic mass is 10.0. The monoisotopic (exact) mass is 418 g/mol. The van der Waals surface area contributed by atoms with Gasteiger partial charge in [-0.3, -0.25) is 14.5 Å². The number of hydrogen-bond donors (Lipinski definition) is 1. The van der Waals surface area contributed by atoms with E-state index in [0.717, 1.165) is 5.56 Å². The minimum atomic E-state index is -0.371. The van der Waals surface area contributed by atoms with Crippen LogP contribution in [-0.2, 0) is 16.1 Å². The van der Waals surface area contributed by atoms with Crippen LogP contribution in [-0.4, -0.2) is 23.8 Å². The van der Waals surface area contributed by atoms with E-state index in [-0.39, 0.29) is 24.1 Å². The Bertz CT molecular complexity index is 1110. The van der Waals surface area contributed by atoms with E-state index in [2.05, 4.69) is 5.32 Å². The van der Waals surface area contributed by atoms with Crippen LogP contribution in [0.3, 0.4) is 0 Å². The molecule has 0 aromatic heterocycles. The largest absolute Gasteiger partial charge is 0.497 e. The van der Waals surface area contributed by atoms with Crippen LogP contribution in [0.15, 0.2) is 84.6 Å². The van der Waals surface area contributed by atoms with Gasteiger partial charge in [-0.05, 0) is 47.5 Å². The van der Waals surface area contributed by atoms with E-state index < -0.39 is 0 Å². The first-order valence-electron chi connectivity index (χ1n) is 9.38. The summed E-state index contributed by atoms with van der Waals surface area (Å²) in [6, 6.07) is 23.5. The molecule has 0 bridgehead atoms. The Balaban J connectivity index is 1.72. The minimum absolute atomic E-state index is 0.198. The maximum Gasteiger partial charge on any atom is 0.278 e. The molecule has 4 rings (SSSR count). The Morgan fingerprint density at radius 1 is 0.867 bits per heavy atom. The number of rotatable bonds is 6. The standard InChI is InChI=1S/C24H19ClN2O3/c1-30-20-13-11-19(12-14-20)26-22-21(17-7-9-18(25)10-8-17)23(28)27(24(22)29)15-16-5-3-2-4-6-16/h2-14,26H,15H2,1H3. The molecule has 0 aliphatic carbocycles. The molecule has 2 amide bonds. The molecule has 1 aliphatic rings. The van der Waals surface area contributed by atoms with Crippen molar-refractivity contribution in [1.82, 2.24) is 4.90 Å². The van der Waals surface area contributed by atoms with Crippen LogP contribution in [0.5, 0.6) is 5.75 Å². The van der Waals surface area contributed by atoms with E-state index >= 15 is 0 Å². The number of carbonyl (C=O) groups is 2. The zero-order chi connectivity index (χ0) is 21.1. The van der Waals surface area contributed by atoms with Crippen molar-refractivity contribution >= 4 is 34.7 Å². The lowest BCUT2D eigenvalue weighted by molar-refractivity contribution is -0.137. The van der Waals surface area contributed by atoms with Crippen LogP contribution in [0.25, 0.3) is 5.57 Å². The van der Waals surface area contributed by atoms with Crippen LogP contribution in [0.4, 0.5) is 5.69 Å². The van der Waals surface area contributed by atoms with Crippen molar-refractivity contribution in [3.8, 4) is 5.75 Å². The van der Waals surface area contributed by atoms with E-state index in [1.807, 2.05) is 30.3 Å². The number of anilines is 1. The van der Waals surface area contributed by atoms with Gasteiger partial charge in [0.2, 0.25) is 0 Å². The van der Waals surface area contributed by atoms with Crippen molar-refractivity contribution < 1.29 is 14.3 Å². The van der Waals surface area contributed by atoms with Gasteiger partial charge in [-0.25, -0.2) is 0 Å². The molecule has 1 N–H and O–H groups in total. The first-order chi connectivity index (χ1) is 14.6. The molecule has 1 heterocycles. The summed E-state index contributed by atoms with van der Waals surface area (Å²) < 4.78 is 5.18. The van der Waals surface area contributed by atoms with Crippen molar-refractivity contribution in [1.29, 1.82) is 0 Å². The highest BCUT2D eigenvalue weighted by Gasteiger charge is 2.39. The first kappa shape index (κ1) is 19.7. The Kier molecular flexibility index (Phi) is 5.55. The predicted octanol–water partition coefficient (Wildman–Crippen LogP) is 4.74. The third kappa shape index (κ3) is 3.93. The van der Waals surface area contributed by atoms with Crippen molar-refractivity contribution in [2.24, 2.45) is 0 Å². The molecule has 6 heteroatoms. The lowest BCUT2D eigenvalue weighted by Crippen LogP contribution is -2.31. The molecule has 0 unspecified atom stereocenters. The Morgan fingerprint density at radius 3 is 2.17 bits per heavy atom. The Hall–Kier alpha value is -3.57. The first-order valence-corrected chi connectivity index (χ1v) is 9.76. The summed E-state index contributed by atoms with van der Waals surface area (Å²) in [5, 5.41) is 3.69. The average Bonchev–Trinajstić information content (AvgIpc) is 3.00. The molecule has 0 fully saturated rings. The summed E-state index contributed by atoms with van der Waals surface area (Å²) in [6.45, 7) is 0.198. The molecular weight excluding hydrogens is 400 g/mol. The second-order valence-corrected chi connectivity index (χ2v) is 7.23. The van der Waals surface area contributed by atoms with Gasteiger partial charge in [0, 0.05) is 10.7 Å². The maximum absolute atomic E-state index is 13.3. The maximum atomic E-state index is 13.3.